The van der Waals surface area contributed by atoms with E-state index in [2.05, 4.69) is 33.5 Å². The molecule has 0 bridgehead atoms. The Kier molecular flexibility index (Phi) is 10.4. The molecule has 1 aromatic heterocycles. The van der Waals surface area contributed by atoms with Crippen molar-refractivity contribution in [2.75, 3.05) is 48.4 Å². The average Bonchev–Trinajstić information content (AvgIpc) is 3.51. The van der Waals surface area contributed by atoms with Crippen LogP contribution in [-0.4, -0.2) is 76.7 Å². The van der Waals surface area contributed by atoms with E-state index in [-0.39, 0.29) is 36.5 Å². The predicted molar refractivity (Wildman–Crippen MR) is 196 cm³/mol. The van der Waals surface area contributed by atoms with E-state index in [1.165, 1.54) is 12.1 Å². The fourth-order valence-electron chi connectivity index (χ4n) is 7.95. The number of carbonyl (C=O) groups excluding carboxylic acids is 3. The Bertz CT molecular complexity index is 1980. The van der Waals surface area contributed by atoms with Crippen LogP contribution in [0.2, 0.25) is 0 Å². The number of imide groups is 1. The number of rotatable bonds is 9. The molecule has 4 amide bonds. The van der Waals surface area contributed by atoms with Crippen molar-refractivity contribution in [3.05, 3.63) is 83.4 Å². The molecule has 3 aromatic carbocycles. The minimum atomic E-state index is -4.57. The van der Waals surface area contributed by atoms with Gasteiger partial charge in [-0.2, -0.15) is 13.2 Å². The zero-order valence-corrected chi connectivity index (χ0v) is 29.6. The summed E-state index contributed by atoms with van der Waals surface area (Å²) in [7, 11) is 2.12. The summed E-state index contributed by atoms with van der Waals surface area (Å²) < 4.78 is 42.2. The second kappa shape index (κ2) is 15.2. The molecular formula is C39H44F3N7O4. The minimum Gasteiger partial charge on any atom is -0.396 e. The molecule has 3 aliphatic rings. The van der Waals surface area contributed by atoms with E-state index in [1.807, 2.05) is 41.0 Å². The highest BCUT2D eigenvalue weighted by Crippen LogP contribution is 2.38. The Hall–Kier alpha value is -4.95. The van der Waals surface area contributed by atoms with E-state index in [1.54, 1.807) is 4.90 Å². The molecule has 0 spiro atoms. The van der Waals surface area contributed by atoms with Gasteiger partial charge in [0, 0.05) is 68.2 Å². The highest BCUT2D eigenvalue weighted by Gasteiger charge is 2.32. The van der Waals surface area contributed by atoms with Crippen LogP contribution < -0.4 is 20.4 Å². The van der Waals surface area contributed by atoms with E-state index >= 15 is 0 Å². The minimum absolute atomic E-state index is 0.000430. The Balaban J connectivity index is 1.06. The van der Waals surface area contributed by atoms with Crippen LogP contribution in [0.1, 0.15) is 72.5 Å². The monoisotopic (exact) mass is 731 g/mol. The van der Waals surface area contributed by atoms with Gasteiger partial charge in [-0.15, -0.1) is 0 Å². The number of piperidine rings is 1. The van der Waals surface area contributed by atoms with Gasteiger partial charge in [0.1, 0.15) is 0 Å². The SMILES string of the molecule is CN(Cc1cccc(N2CCC(=O)NC2=O)c1)C1CCN(c2ccc3nc(NC(=O)c4cccc(C(F)(F)F)c4)n(C4CCC(CO)CC4)c3c2)CC1. The Morgan fingerprint density at radius 1 is 0.943 bits per heavy atom. The van der Waals surface area contributed by atoms with Crippen molar-refractivity contribution in [3.8, 4) is 0 Å². The van der Waals surface area contributed by atoms with Crippen molar-refractivity contribution < 1.29 is 32.7 Å². The van der Waals surface area contributed by atoms with Crippen molar-refractivity contribution in [3.63, 3.8) is 0 Å². The number of anilines is 3. The Labute approximate surface area is 305 Å². The van der Waals surface area contributed by atoms with Gasteiger partial charge in [-0.25, -0.2) is 9.78 Å². The molecule has 53 heavy (non-hydrogen) atoms. The fraction of sp³-hybridized carbons (Fsp3) is 0.436. The number of aliphatic hydroxyl groups excluding tert-OH is 1. The summed E-state index contributed by atoms with van der Waals surface area (Å²) in [4.78, 5) is 48.4. The lowest BCUT2D eigenvalue weighted by molar-refractivity contribution is -0.137. The first-order chi connectivity index (χ1) is 25.5. The van der Waals surface area contributed by atoms with Crippen LogP contribution in [0.25, 0.3) is 11.0 Å². The Morgan fingerprint density at radius 2 is 1.70 bits per heavy atom. The zero-order valence-electron chi connectivity index (χ0n) is 29.6. The molecule has 1 saturated carbocycles. The second-order valence-electron chi connectivity index (χ2n) is 14.4. The van der Waals surface area contributed by atoms with E-state index < -0.39 is 23.7 Å². The molecule has 1 aliphatic carbocycles. The number of aromatic nitrogens is 2. The predicted octanol–water partition coefficient (Wildman–Crippen LogP) is 6.58. The molecule has 14 heteroatoms. The first-order valence-corrected chi connectivity index (χ1v) is 18.2. The number of fused-ring (bicyclic) bond motifs is 1. The molecular weight excluding hydrogens is 687 g/mol. The lowest BCUT2D eigenvalue weighted by Crippen LogP contribution is -2.49. The highest BCUT2D eigenvalue weighted by molar-refractivity contribution is 6.06. The van der Waals surface area contributed by atoms with Gasteiger partial charge >= 0.3 is 12.2 Å². The molecule has 11 nitrogen and oxygen atoms in total. The van der Waals surface area contributed by atoms with Gasteiger partial charge in [-0.05, 0) is 106 Å². The van der Waals surface area contributed by atoms with Crippen LogP contribution in [-0.2, 0) is 17.5 Å². The number of nitrogens with zero attached hydrogens (tertiary/aromatic N) is 5. The number of nitrogens with one attached hydrogen (secondary N) is 2. The van der Waals surface area contributed by atoms with E-state index in [9.17, 15) is 32.7 Å². The molecule has 3 N–H and O–H groups in total. The molecule has 280 valence electrons. The normalized spacial score (nSPS) is 20.3. The summed E-state index contributed by atoms with van der Waals surface area (Å²) in [5.41, 5.74) is 3.42. The lowest BCUT2D eigenvalue weighted by Gasteiger charge is -2.38. The number of carbonyl (C=O) groups is 3. The van der Waals surface area contributed by atoms with Crippen LogP contribution in [0.4, 0.5) is 35.3 Å². The standard InChI is InChI=1S/C39H44F3N7O4/c1-46(23-26-4-2-7-32(20-26)48-19-16-35(51)44-38(48)53)29-14-17-47(18-15-29)31-12-13-33-34(22-31)49(30-10-8-25(24-50)9-11-30)37(43-33)45-36(52)27-5-3-6-28(21-27)39(40,41)42/h2-7,12-13,20-22,25,29-30,50H,8-11,14-19,23-24H2,1H3,(H,43,45,52)(H,44,51,53). The molecule has 2 aliphatic heterocycles. The number of imidazole rings is 1. The quantitative estimate of drug-likeness (QED) is 0.178. The maximum Gasteiger partial charge on any atom is 0.416 e. The van der Waals surface area contributed by atoms with Crippen molar-refractivity contribution in [1.29, 1.82) is 0 Å². The Morgan fingerprint density at radius 3 is 2.42 bits per heavy atom. The third kappa shape index (κ3) is 8.03. The summed E-state index contributed by atoms with van der Waals surface area (Å²) in [5.74, 6) is -0.411. The maximum absolute atomic E-state index is 13.4. The van der Waals surface area contributed by atoms with Crippen molar-refractivity contribution >= 4 is 46.2 Å². The van der Waals surface area contributed by atoms with Gasteiger partial charge in [0.15, 0.2) is 0 Å². The summed E-state index contributed by atoms with van der Waals surface area (Å²) in [5, 5.41) is 15.0. The smallest absolute Gasteiger partial charge is 0.396 e. The van der Waals surface area contributed by atoms with Crippen molar-refractivity contribution in [1.82, 2.24) is 19.8 Å². The number of amides is 4. The number of benzene rings is 3. The van der Waals surface area contributed by atoms with Gasteiger partial charge in [0.05, 0.1) is 16.6 Å². The molecule has 3 fully saturated rings. The van der Waals surface area contributed by atoms with Crippen LogP contribution in [0.15, 0.2) is 66.7 Å². The maximum atomic E-state index is 13.4. The number of halogens is 3. The van der Waals surface area contributed by atoms with Crippen LogP contribution in [0, 0.1) is 5.92 Å². The summed E-state index contributed by atoms with van der Waals surface area (Å²) in [6.07, 6.45) is 0.775. The summed E-state index contributed by atoms with van der Waals surface area (Å²) >= 11 is 0. The average molecular weight is 732 g/mol. The number of hydrogen-bond donors (Lipinski definition) is 3. The number of aliphatic hydroxyl groups is 1. The second-order valence-corrected chi connectivity index (χ2v) is 14.4. The molecule has 7 rings (SSSR count). The van der Waals surface area contributed by atoms with Crippen LogP contribution in [0.5, 0.6) is 0 Å². The first kappa shape index (κ1) is 36.4. The van der Waals surface area contributed by atoms with Gasteiger partial charge in [0.25, 0.3) is 5.91 Å². The van der Waals surface area contributed by atoms with Gasteiger partial charge in [-0.1, -0.05) is 18.2 Å². The van der Waals surface area contributed by atoms with Gasteiger partial charge < -0.3 is 14.6 Å². The van der Waals surface area contributed by atoms with Gasteiger partial charge in [0.2, 0.25) is 11.9 Å². The van der Waals surface area contributed by atoms with Crippen molar-refractivity contribution in [2.24, 2.45) is 5.92 Å². The molecule has 2 saturated heterocycles. The van der Waals surface area contributed by atoms with Crippen LogP contribution in [0.3, 0.4) is 0 Å². The molecule has 3 heterocycles. The number of urea groups is 1. The topological polar surface area (TPSA) is 123 Å². The lowest BCUT2D eigenvalue weighted by atomic mass is 9.86. The highest BCUT2D eigenvalue weighted by atomic mass is 19.4. The van der Waals surface area contributed by atoms with E-state index in [4.69, 9.17) is 4.98 Å². The number of hydrogen-bond acceptors (Lipinski definition) is 7. The van der Waals surface area contributed by atoms with E-state index in [0.29, 0.717) is 30.6 Å². The largest absolute Gasteiger partial charge is 0.416 e. The molecule has 0 atom stereocenters. The first-order valence-electron chi connectivity index (χ1n) is 18.2. The molecule has 4 aromatic rings. The third-order valence-electron chi connectivity index (χ3n) is 11.0. The van der Waals surface area contributed by atoms with Gasteiger partial charge in [-0.3, -0.25) is 30.0 Å². The van der Waals surface area contributed by atoms with Crippen LogP contribution >= 0.6 is 0 Å². The zero-order chi connectivity index (χ0) is 37.3. The molecule has 0 unspecified atom stereocenters. The fourth-order valence-corrected chi connectivity index (χ4v) is 7.95. The third-order valence-corrected chi connectivity index (χ3v) is 11.0. The molecule has 0 radical (unpaired) electrons. The van der Waals surface area contributed by atoms with Crippen molar-refractivity contribution in [2.45, 2.75) is 69.8 Å². The summed E-state index contributed by atoms with van der Waals surface area (Å²) in [6.45, 7) is 2.86. The number of alkyl halides is 3. The summed E-state index contributed by atoms with van der Waals surface area (Å²) in [6, 6.07) is 18.3. The van der Waals surface area contributed by atoms with E-state index in [0.717, 1.165) is 86.2 Å².